The first-order valence-corrected chi connectivity index (χ1v) is 8.44. The molecule has 4 heteroatoms. The molecule has 4 nitrogen and oxygen atoms in total. The van der Waals surface area contributed by atoms with E-state index in [0.717, 1.165) is 17.7 Å². The van der Waals surface area contributed by atoms with Crippen LogP contribution in [-0.4, -0.2) is 24.5 Å². The molecule has 3 atom stereocenters. The average molecular weight is 315 g/mol. The standard InChI is InChI=1S/C19H25NO3/c1-5-23-18(22)16-12-10-11-15(21)20(17(12)16)14-9-7-6-8-13(14)19(2,3)4/h6-9,12,16-17H,5,10-11H2,1-4H3/t12-,16-,17-/m0/s1. The Kier molecular flexibility index (Phi) is 3.95. The summed E-state index contributed by atoms with van der Waals surface area (Å²) in [4.78, 5) is 26.7. The lowest BCUT2D eigenvalue weighted by Crippen LogP contribution is -2.39. The molecule has 1 aromatic carbocycles. The molecule has 0 unspecified atom stereocenters. The number of amides is 1. The Bertz CT molecular complexity index is 632. The van der Waals surface area contributed by atoms with Crippen molar-refractivity contribution in [3.05, 3.63) is 29.8 Å². The van der Waals surface area contributed by atoms with E-state index >= 15 is 0 Å². The molecule has 0 N–H and O–H groups in total. The molecule has 124 valence electrons. The predicted molar refractivity (Wildman–Crippen MR) is 89.3 cm³/mol. The maximum atomic E-state index is 12.6. The number of carbonyl (C=O) groups is 2. The molecule has 0 radical (unpaired) electrons. The quantitative estimate of drug-likeness (QED) is 0.804. The van der Waals surface area contributed by atoms with Crippen molar-refractivity contribution < 1.29 is 14.3 Å². The van der Waals surface area contributed by atoms with Gasteiger partial charge in [0.05, 0.1) is 18.6 Å². The summed E-state index contributed by atoms with van der Waals surface area (Å²) in [6, 6.07) is 8.02. The molecular formula is C19H25NO3. The Morgan fingerprint density at radius 3 is 2.65 bits per heavy atom. The number of ether oxygens (including phenoxy) is 1. The maximum Gasteiger partial charge on any atom is 0.311 e. The molecule has 3 rings (SSSR count). The van der Waals surface area contributed by atoms with Crippen LogP contribution in [0, 0.1) is 11.8 Å². The molecule has 1 saturated heterocycles. The van der Waals surface area contributed by atoms with Gasteiger partial charge in [-0.15, -0.1) is 0 Å². The predicted octanol–water partition coefficient (Wildman–Crippen LogP) is 3.29. The molecule has 1 saturated carbocycles. The first kappa shape index (κ1) is 16.0. The Hall–Kier alpha value is -1.84. The van der Waals surface area contributed by atoms with E-state index in [1.165, 1.54) is 0 Å². The largest absolute Gasteiger partial charge is 0.466 e. The van der Waals surface area contributed by atoms with Gasteiger partial charge in [-0.1, -0.05) is 39.0 Å². The van der Waals surface area contributed by atoms with E-state index in [1.54, 1.807) is 0 Å². The normalized spacial score (nSPS) is 26.7. The lowest BCUT2D eigenvalue weighted by molar-refractivity contribution is -0.145. The lowest BCUT2D eigenvalue weighted by atomic mass is 9.85. The summed E-state index contributed by atoms with van der Waals surface area (Å²) in [7, 11) is 0. The van der Waals surface area contributed by atoms with Gasteiger partial charge >= 0.3 is 5.97 Å². The van der Waals surface area contributed by atoms with Crippen molar-refractivity contribution in [1.29, 1.82) is 0 Å². The van der Waals surface area contributed by atoms with Gasteiger partial charge in [0.1, 0.15) is 0 Å². The third kappa shape index (κ3) is 2.75. The van der Waals surface area contributed by atoms with Crippen LogP contribution in [0.5, 0.6) is 0 Å². The molecule has 2 aliphatic rings. The minimum Gasteiger partial charge on any atom is -0.466 e. The summed E-state index contributed by atoms with van der Waals surface area (Å²) < 4.78 is 5.20. The van der Waals surface area contributed by atoms with Crippen LogP contribution in [0.3, 0.4) is 0 Å². The Labute approximate surface area is 137 Å². The fourth-order valence-corrected chi connectivity index (χ4v) is 3.80. The number of carbonyl (C=O) groups excluding carboxylic acids is 2. The molecule has 1 aromatic rings. The number of hydrogen-bond donors (Lipinski definition) is 0. The van der Waals surface area contributed by atoms with Gasteiger partial charge in [-0.3, -0.25) is 9.59 Å². The van der Waals surface area contributed by atoms with Gasteiger partial charge in [0.2, 0.25) is 5.91 Å². The summed E-state index contributed by atoms with van der Waals surface area (Å²) in [6.07, 6.45) is 1.30. The van der Waals surface area contributed by atoms with Crippen molar-refractivity contribution in [2.45, 2.75) is 52.0 Å². The van der Waals surface area contributed by atoms with Crippen LogP contribution < -0.4 is 4.90 Å². The van der Waals surface area contributed by atoms with E-state index in [1.807, 2.05) is 30.0 Å². The second-order valence-electron chi connectivity index (χ2n) is 7.50. The summed E-state index contributed by atoms with van der Waals surface area (Å²) in [6.45, 7) is 8.65. The second-order valence-corrected chi connectivity index (χ2v) is 7.50. The van der Waals surface area contributed by atoms with E-state index in [0.29, 0.717) is 13.0 Å². The Morgan fingerprint density at radius 2 is 2.00 bits per heavy atom. The maximum absolute atomic E-state index is 12.6. The number of nitrogens with zero attached hydrogens (tertiary/aromatic N) is 1. The first-order chi connectivity index (χ1) is 10.9. The number of esters is 1. The molecule has 1 heterocycles. The highest BCUT2D eigenvalue weighted by Gasteiger charge is 2.62. The lowest BCUT2D eigenvalue weighted by Gasteiger charge is -2.32. The summed E-state index contributed by atoms with van der Waals surface area (Å²) in [5.41, 5.74) is 2.04. The van der Waals surface area contributed by atoms with Crippen molar-refractivity contribution >= 4 is 17.6 Å². The highest BCUT2D eigenvalue weighted by Crippen LogP contribution is 2.52. The number of fused-ring (bicyclic) bond motifs is 1. The monoisotopic (exact) mass is 315 g/mol. The van der Waals surface area contributed by atoms with Gasteiger partial charge in [-0.2, -0.15) is 0 Å². The van der Waals surface area contributed by atoms with Crippen molar-refractivity contribution in [2.75, 3.05) is 11.5 Å². The number of piperidine rings is 1. The SMILES string of the molecule is CCOC(=O)[C@H]1[C@@H]2CCC(=O)N(c3ccccc3C(C)(C)C)[C@@H]21. The topological polar surface area (TPSA) is 46.6 Å². The molecule has 1 aliphatic carbocycles. The molecular weight excluding hydrogens is 290 g/mol. The summed E-state index contributed by atoms with van der Waals surface area (Å²) in [5, 5.41) is 0. The van der Waals surface area contributed by atoms with Crippen molar-refractivity contribution in [1.82, 2.24) is 0 Å². The number of benzene rings is 1. The van der Waals surface area contributed by atoms with Crippen LogP contribution in [0.1, 0.15) is 46.1 Å². The molecule has 1 aliphatic heterocycles. The van der Waals surface area contributed by atoms with Gasteiger partial charge in [0, 0.05) is 12.1 Å². The van der Waals surface area contributed by atoms with Gasteiger partial charge in [0.15, 0.2) is 0 Å². The highest BCUT2D eigenvalue weighted by atomic mass is 16.5. The number of para-hydroxylation sites is 1. The average Bonchev–Trinajstić information content (AvgIpc) is 3.21. The van der Waals surface area contributed by atoms with Gasteiger partial charge in [0.25, 0.3) is 0 Å². The third-order valence-corrected chi connectivity index (χ3v) is 4.92. The van der Waals surface area contributed by atoms with Crippen LogP contribution in [0.2, 0.25) is 0 Å². The minimum atomic E-state index is -0.158. The zero-order valence-electron chi connectivity index (χ0n) is 14.3. The first-order valence-electron chi connectivity index (χ1n) is 8.44. The Balaban J connectivity index is 1.96. The van der Waals surface area contributed by atoms with Crippen molar-refractivity contribution in [3.63, 3.8) is 0 Å². The van der Waals surface area contributed by atoms with Crippen LogP contribution >= 0.6 is 0 Å². The fraction of sp³-hybridized carbons (Fsp3) is 0.579. The third-order valence-electron chi connectivity index (χ3n) is 4.92. The molecule has 2 fully saturated rings. The van der Waals surface area contributed by atoms with Crippen LogP contribution in [0.4, 0.5) is 5.69 Å². The molecule has 1 amide bonds. The van der Waals surface area contributed by atoms with E-state index in [4.69, 9.17) is 4.74 Å². The van der Waals surface area contributed by atoms with Crippen LogP contribution in [0.25, 0.3) is 0 Å². The van der Waals surface area contributed by atoms with Gasteiger partial charge < -0.3 is 9.64 Å². The zero-order valence-corrected chi connectivity index (χ0v) is 14.3. The molecule has 0 aromatic heterocycles. The number of anilines is 1. The van der Waals surface area contributed by atoms with Gasteiger partial charge in [-0.25, -0.2) is 0 Å². The van der Waals surface area contributed by atoms with E-state index in [2.05, 4.69) is 26.8 Å². The smallest absolute Gasteiger partial charge is 0.311 e. The highest BCUT2D eigenvalue weighted by molar-refractivity contribution is 5.99. The summed E-state index contributed by atoms with van der Waals surface area (Å²) >= 11 is 0. The van der Waals surface area contributed by atoms with Gasteiger partial charge in [-0.05, 0) is 36.3 Å². The summed E-state index contributed by atoms with van der Waals surface area (Å²) in [5.74, 6) is 0.0550. The van der Waals surface area contributed by atoms with E-state index < -0.39 is 0 Å². The second kappa shape index (κ2) is 5.66. The molecule has 0 spiro atoms. The fourth-order valence-electron chi connectivity index (χ4n) is 3.80. The van der Waals surface area contributed by atoms with Crippen molar-refractivity contribution in [3.8, 4) is 0 Å². The number of hydrogen-bond acceptors (Lipinski definition) is 3. The van der Waals surface area contributed by atoms with Crippen LogP contribution in [-0.2, 0) is 19.7 Å². The molecule has 23 heavy (non-hydrogen) atoms. The minimum absolute atomic E-state index is 0.0289. The van der Waals surface area contributed by atoms with Crippen molar-refractivity contribution in [2.24, 2.45) is 11.8 Å². The Morgan fingerprint density at radius 1 is 1.30 bits per heavy atom. The van der Waals surface area contributed by atoms with E-state index in [9.17, 15) is 9.59 Å². The van der Waals surface area contributed by atoms with Crippen LogP contribution in [0.15, 0.2) is 24.3 Å². The zero-order chi connectivity index (χ0) is 16.8. The number of rotatable bonds is 3. The molecule has 0 bridgehead atoms. The van der Waals surface area contributed by atoms with E-state index in [-0.39, 0.29) is 35.2 Å².